The van der Waals surface area contributed by atoms with Crippen molar-refractivity contribution in [2.45, 2.75) is 32.4 Å². The Morgan fingerprint density at radius 3 is 2.95 bits per heavy atom. The highest BCUT2D eigenvalue weighted by Crippen LogP contribution is 2.17. The molecule has 1 N–H and O–H groups in total. The molecule has 1 aromatic carbocycles. The van der Waals surface area contributed by atoms with Gasteiger partial charge in [0.25, 0.3) is 0 Å². The largest absolute Gasteiger partial charge is 0.336 e. The molecule has 1 aliphatic rings. The van der Waals surface area contributed by atoms with Crippen LogP contribution in [0, 0.1) is 0 Å². The van der Waals surface area contributed by atoms with Gasteiger partial charge < -0.3 is 10.2 Å². The highest BCUT2D eigenvalue weighted by Gasteiger charge is 2.23. The first-order chi connectivity index (χ1) is 10.1. The van der Waals surface area contributed by atoms with Gasteiger partial charge in [-0.05, 0) is 37.6 Å². The normalized spacial score (nSPS) is 18.7. The molecule has 4 nitrogen and oxygen atoms in total. The molecule has 0 aliphatic carbocycles. The van der Waals surface area contributed by atoms with Gasteiger partial charge in [-0.1, -0.05) is 36.7 Å². The highest BCUT2D eigenvalue weighted by molar-refractivity contribution is 6.31. The molecule has 21 heavy (non-hydrogen) atoms. The van der Waals surface area contributed by atoms with Crippen molar-refractivity contribution in [2.24, 2.45) is 0 Å². The molecule has 1 unspecified atom stereocenters. The quantitative estimate of drug-likeness (QED) is 0.907. The smallest absolute Gasteiger partial charge is 0.317 e. The first-order valence-electron chi connectivity index (χ1n) is 7.58. The molecule has 2 rings (SSSR count). The zero-order valence-electron chi connectivity index (χ0n) is 12.8. The van der Waals surface area contributed by atoms with E-state index in [1.807, 2.05) is 24.3 Å². The van der Waals surface area contributed by atoms with E-state index in [0.29, 0.717) is 17.6 Å². The minimum Gasteiger partial charge on any atom is -0.336 e. The Morgan fingerprint density at radius 1 is 1.48 bits per heavy atom. The molecule has 0 aromatic heterocycles. The summed E-state index contributed by atoms with van der Waals surface area (Å²) < 4.78 is 0. The van der Waals surface area contributed by atoms with E-state index in [1.54, 1.807) is 11.9 Å². The molecule has 1 fully saturated rings. The minimum atomic E-state index is -0.0436. The molecule has 1 saturated heterocycles. The average Bonchev–Trinajstić information content (AvgIpc) is 2.94. The second kappa shape index (κ2) is 7.66. The summed E-state index contributed by atoms with van der Waals surface area (Å²) in [5, 5.41) is 3.73. The van der Waals surface area contributed by atoms with E-state index in [2.05, 4.69) is 17.1 Å². The summed E-state index contributed by atoms with van der Waals surface area (Å²) in [6.45, 7) is 5.61. The lowest BCUT2D eigenvalue weighted by Gasteiger charge is -2.25. The number of urea groups is 1. The van der Waals surface area contributed by atoms with Crippen LogP contribution < -0.4 is 5.32 Å². The lowest BCUT2D eigenvalue weighted by molar-refractivity contribution is 0.199. The Bertz CT molecular complexity index is 480. The SMILES string of the molecule is CCN1CCCC1CNC(=O)N(C)Cc1ccccc1Cl. The van der Waals surface area contributed by atoms with Gasteiger partial charge in [0.1, 0.15) is 0 Å². The maximum atomic E-state index is 12.2. The van der Waals surface area contributed by atoms with Crippen LogP contribution in [0.15, 0.2) is 24.3 Å². The predicted molar refractivity (Wildman–Crippen MR) is 86.6 cm³/mol. The van der Waals surface area contributed by atoms with Gasteiger partial charge in [-0.2, -0.15) is 0 Å². The zero-order chi connectivity index (χ0) is 15.2. The summed E-state index contributed by atoms with van der Waals surface area (Å²) in [5.41, 5.74) is 0.966. The van der Waals surface area contributed by atoms with Crippen molar-refractivity contribution in [3.63, 3.8) is 0 Å². The number of amides is 2. The number of rotatable bonds is 5. The number of nitrogens with one attached hydrogen (secondary N) is 1. The van der Waals surface area contributed by atoms with Crippen LogP contribution in [0.25, 0.3) is 0 Å². The van der Waals surface area contributed by atoms with Gasteiger partial charge in [0.15, 0.2) is 0 Å². The van der Waals surface area contributed by atoms with Gasteiger partial charge in [0.05, 0.1) is 0 Å². The van der Waals surface area contributed by atoms with E-state index in [-0.39, 0.29) is 6.03 Å². The summed E-state index contributed by atoms with van der Waals surface area (Å²) in [6, 6.07) is 8.06. The fraction of sp³-hybridized carbons (Fsp3) is 0.562. The summed E-state index contributed by atoms with van der Waals surface area (Å²) >= 11 is 6.13. The number of hydrogen-bond donors (Lipinski definition) is 1. The molecule has 1 aromatic rings. The van der Waals surface area contributed by atoms with E-state index >= 15 is 0 Å². The van der Waals surface area contributed by atoms with Crippen LogP contribution in [-0.2, 0) is 6.54 Å². The molecular formula is C16H24ClN3O. The monoisotopic (exact) mass is 309 g/mol. The standard InChI is InChI=1S/C16H24ClN3O/c1-3-20-10-6-8-14(20)11-18-16(21)19(2)12-13-7-4-5-9-15(13)17/h4-5,7,9,14H,3,6,8,10-12H2,1-2H3,(H,18,21). The molecule has 1 heterocycles. The Morgan fingerprint density at radius 2 is 2.24 bits per heavy atom. The van der Waals surface area contributed by atoms with E-state index in [9.17, 15) is 4.79 Å². The Labute approximate surface area is 132 Å². The fourth-order valence-electron chi connectivity index (χ4n) is 2.84. The second-order valence-electron chi connectivity index (χ2n) is 5.56. The molecule has 0 radical (unpaired) electrons. The number of likely N-dealkylation sites (N-methyl/N-ethyl adjacent to an activating group) is 1. The molecule has 0 bridgehead atoms. The number of benzene rings is 1. The fourth-order valence-corrected chi connectivity index (χ4v) is 3.03. The number of nitrogens with zero attached hydrogens (tertiary/aromatic N) is 2. The van der Waals surface area contributed by atoms with Crippen LogP contribution in [0.5, 0.6) is 0 Å². The zero-order valence-corrected chi connectivity index (χ0v) is 13.6. The molecule has 116 valence electrons. The van der Waals surface area contributed by atoms with Crippen molar-refractivity contribution < 1.29 is 4.79 Å². The van der Waals surface area contributed by atoms with Crippen LogP contribution in [0.4, 0.5) is 4.79 Å². The van der Waals surface area contributed by atoms with E-state index in [1.165, 1.54) is 12.8 Å². The van der Waals surface area contributed by atoms with Crippen molar-refractivity contribution in [2.75, 3.05) is 26.7 Å². The van der Waals surface area contributed by atoms with Crippen LogP contribution in [-0.4, -0.2) is 48.6 Å². The number of carbonyl (C=O) groups is 1. The number of halogens is 1. The molecule has 1 atom stereocenters. The average molecular weight is 310 g/mol. The lowest BCUT2D eigenvalue weighted by atomic mass is 10.2. The molecule has 0 spiro atoms. The lowest BCUT2D eigenvalue weighted by Crippen LogP contribution is -2.44. The number of carbonyl (C=O) groups excluding carboxylic acids is 1. The Hall–Kier alpha value is -1.26. The number of hydrogen-bond acceptors (Lipinski definition) is 2. The van der Waals surface area contributed by atoms with Gasteiger partial charge in [-0.3, -0.25) is 4.90 Å². The second-order valence-corrected chi connectivity index (χ2v) is 5.97. The topological polar surface area (TPSA) is 35.6 Å². The van der Waals surface area contributed by atoms with Gasteiger partial charge >= 0.3 is 6.03 Å². The van der Waals surface area contributed by atoms with Gasteiger partial charge in [0, 0.05) is 31.2 Å². The summed E-state index contributed by atoms with van der Waals surface area (Å²) in [5.74, 6) is 0. The van der Waals surface area contributed by atoms with Crippen molar-refractivity contribution in [1.82, 2.24) is 15.1 Å². The first kappa shape index (κ1) is 16.1. The van der Waals surface area contributed by atoms with Gasteiger partial charge in [-0.25, -0.2) is 4.79 Å². The molecule has 1 aliphatic heterocycles. The third kappa shape index (κ3) is 4.35. The first-order valence-corrected chi connectivity index (χ1v) is 7.96. The molecule has 2 amide bonds. The van der Waals surface area contributed by atoms with Crippen molar-refractivity contribution in [3.8, 4) is 0 Å². The van der Waals surface area contributed by atoms with Gasteiger partial charge in [-0.15, -0.1) is 0 Å². The van der Waals surface area contributed by atoms with E-state index in [0.717, 1.165) is 25.2 Å². The van der Waals surface area contributed by atoms with Gasteiger partial charge in [0.2, 0.25) is 0 Å². The van der Waals surface area contributed by atoms with Crippen LogP contribution in [0.2, 0.25) is 5.02 Å². The van der Waals surface area contributed by atoms with E-state index in [4.69, 9.17) is 11.6 Å². The van der Waals surface area contributed by atoms with E-state index < -0.39 is 0 Å². The summed E-state index contributed by atoms with van der Waals surface area (Å²) in [4.78, 5) is 16.3. The Kier molecular flexibility index (Phi) is 5.88. The Balaban J connectivity index is 1.81. The van der Waals surface area contributed by atoms with Crippen LogP contribution in [0.1, 0.15) is 25.3 Å². The molecular weight excluding hydrogens is 286 g/mol. The van der Waals surface area contributed by atoms with Crippen molar-refractivity contribution in [3.05, 3.63) is 34.9 Å². The summed E-state index contributed by atoms with van der Waals surface area (Å²) in [6.07, 6.45) is 2.40. The molecule has 5 heteroatoms. The number of likely N-dealkylation sites (tertiary alicyclic amines) is 1. The molecule has 0 saturated carbocycles. The van der Waals surface area contributed by atoms with Crippen molar-refractivity contribution >= 4 is 17.6 Å². The van der Waals surface area contributed by atoms with Crippen LogP contribution in [0.3, 0.4) is 0 Å². The summed E-state index contributed by atoms with van der Waals surface area (Å²) in [7, 11) is 1.80. The third-order valence-corrected chi connectivity index (χ3v) is 4.47. The third-order valence-electron chi connectivity index (χ3n) is 4.11. The maximum Gasteiger partial charge on any atom is 0.317 e. The maximum absolute atomic E-state index is 12.2. The minimum absolute atomic E-state index is 0.0436. The predicted octanol–water partition coefficient (Wildman–Crippen LogP) is 2.97. The van der Waals surface area contributed by atoms with Crippen molar-refractivity contribution in [1.29, 1.82) is 0 Å². The highest BCUT2D eigenvalue weighted by atomic mass is 35.5. The van der Waals surface area contributed by atoms with Crippen LogP contribution >= 0.6 is 11.6 Å².